The summed E-state index contributed by atoms with van der Waals surface area (Å²) in [6.07, 6.45) is 3.28. The summed E-state index contributed by atoms with van der Waals surface area (Å²) in [4.78, 5) is 16.3. The summed E-state index contributed by atoms with van der Waals surface area (Å²) < 4.78 is 37.1. The number of nitrogens with zero attached hydrogens (tertiary/aromatic N) is 2. The molecule has 3 rings (SSSR count). The Morgan fingerprint density at radius 2 is 2.00 bits per heavy atom. The van der Waals surface area contributed by atoms with Crippen LogP contribution in [0.1, 0.15) is 12.5 Å². The average molecular weight is 391 g/mol. The van der Waals surface area contributed by atoms with Gasteiger partial charge in [0, 0.05) is 25.0 Å². The zero-order chi connectivity index (χ0) is 19.3. The number of fused-ring (bicyclic) bond motifs is 1. The predicted molar refractivity (Wildman–Crippen MR) is 100 cm³/mol. The van der Waals surface area contributed by atoms with Crippen LogP contribution in [0.3, 0.4) is 0 Å². The standard InChI is InChI=1S/C18H21N3O5S/c1-2-27(23,24)21(13-18(22)20-12-14-4-3-7-19-11-14)15-5-6-16-17(10-15)26-9-8-25-16/h3-7,10-11H,2,8-9,12-13H2,1H3,(H,20,22). The van der Waals surface area contributed by atoms with Gasteiger partial charge in [-0.1, -0.05) is 6.07 Å². The van der Waals surface area contributed by atoms with Gasteiger partial charge in [0.25, 0.3) is 0 Å². The first-order valence-electron chi connectivity index (χ1n) is 8.55. The maximum Gasteiger partial charge on any atom is 0.241 e. The molecule has 0 aliphatic carbocycles. The molecule has 27 heavy (non-hydrogen) atoms. The number of nitrogens with one attached hydrogen (secondary N) is 1. The summed E-state index contributed by atoms with van der Waals surface area (Å²) in [5.41, 5.74) is 1.19. The van der Waals surface area contributed by atoms with Gasteiger partial charge in [-0.3, -0.25) is 14.1 Å². The van der Waals surface area contributed by atoms with Crippen molar-refractivity contribution in [2.75, 3.05) is 29.8 Å². The Labute approximate surface area is 158 Å². The van der Waals surface area contributed by atoms with Crippen LogP contribution < -0.4 is 19.1 Å². The zero-order valence-electron chi connectivity index (χ0n) is 14.9. The summed E-state index contributed by atoms with van der Waals surface area (Å²) in [7, 11) is -3.65. The van der Waals surface area contributed by atoms with Crippen LogP contribution in [-0.2, 0) is 21.4 Å². The highest BCUT2D eigenvalue weighted by molar-refractivity contribution is 7.92. The molecular formula is C18H21N3O5S. The molecule has 0 unspecified atom stereocenters. The monoisotopic (exact) mass is 391 g/mol. The fourth-order valence-electron chi connectivity index (χ4n) is 2.58. The largest absolute Gasteiger partial charge is 0.486 e. The van der Waals surface area contributed by atoms with Crippen molar-refractivity contribution < 1.29 is 22.7 Å². The van der Waals surface area contributed by atoms with Gasteiger partial charge in [-0.25, -0.2) is 8.42 Å². The fourth-order valence-corrected chi connectivity index (χ4v) is 3.64. The van der Waals surface area contributed by atoms with Gasteiger partial charge in [-0.05, 0) is 30.7 Å². The molecule has 8 nitrogen and oxygen atoms in total. The number of pyridine rings is 1. The van der Waals surface area contributed by atoms with Gasteiger partial charge in [0.1, 0.15) is 19.8 Å². The number of carbonyl (C=O) groups excluding carboxylic acids is 1. The van der Waals surface area contributed by atoms with E-state index in [4.69, 9.17) is 9.47 Å². The number of hydrogen-bond acceptors (Lipinski definition) is 6. The summed E-state index contributed by atoms with van der Waals surface area (Å²) in [6, 6.07) is 8.43. The smallest absolute Gasteiger partial charge is 0.241 e. The summed E-state index contributed by atoms with van der Waals surface area (Å²) in [6.45, 7) is 2.32. The van der Waals surface area contributed by atoms with Crippen molar-refractivity contribution in [1.82, 2.24) is 10.3 Å². The highest BCUT2D eigenvalue weighted by Crippen LogP contribution is 2.34. The lowest BCUT2D eigenvalue weighted by atomic mass is 10.2. The van der Waals surface area contributed by atoms with Gasteiger partial charge in [0.2, 0.25) is 15.9 Å². The van der Waals surface area contributed by atoms with Crippen LogP contribution in [0, 0.1) is 0 Å². The average Bonchev–Trinajstić information content (AvgIpc) is 2.70. The van der Waals surface area contributed by atoms with Crippen LogP contribution in [0.15, 0.2) is 42.7 Å². The first-order valence-corrected chi connectivity index (χ1v) is 10.2. The molecule has 0 saturated carbocycles. The SMILES string of the molecule is CCS(=O)(=O)N(CC(=O)NCc1cccnc1)c1ccc2c(c1)OCCO2. The Kier molecular flexibility index (Phi) is 5.80. The third kappa shape index (κ3) is 4.68. The van der Waals surface area contributed by atoms with Gasteiger partial charge < -0.3 is 14.8 Å². The number of aromatic nitrogens is 1. The molecule has 9 heteroatoms. The fraction of sp³-hybridized carbons (Fsp3) is 0.333. The maximum atomic E-state index is 12.5. The molecule has 0 saturated heterocycles. The molecule has 1 aliphatic rings. The lowest BCUT2D eigenvalue weighted by Gasteiger charge is -2.25. The minimum atomic E-state index is -3.65. The van der Waals surface area contributed by atoms with E-state index in [2.05, 4.69) is 10.3 Å². The molecule has 0 fully saturated rings. The molecule has 0 atom stereocenters. The molecule has 2 heterocycles. The van der Waals surface area contributed by atoms with Gasteiger partial charge in [-0.2, -0.15) is 0 Å². The minimum Gasteiger partial charge on any atom is -0.486 e. The molecular weight excluding hydrogens is 370 g/mol. The second kappa shape index (κ2) is 8.26. The van der Waals surface area contributed by atoms with E-state index in [0.29, 0.717) is 30.4 Å². The molecule has 1 amide bonds. The molecule has 1 aromatic carbocycles. The molecule has 2 aromatic rings. The Bertz CT molecular complexity index is 902. The summed E-state index contributed by atoms with van der Waals surface area (Å²) >= 11 is 0. The normalized spacial score (nSPS) is 13.1. The maximum absolute atomic E-state index is 12.5. The van der Waals surface area contributed by atoms with E-state index < -0.39 is 15.9 Å². The van der Waals surface area contributed by atoms with Crippen LogP contribution in [0.5, 0.6) is 11.5 Å². The number of anilines is 1. The number of hydrogen-bond donors (Lipinski definition) is 1. The van der Waals surface area contributed by atoms with Crippen LogP contribution in [0.2, 0.25) is 0 Å². The molecule has 1 N–H and O–H groups in total. The summed E-state index contributed by atoms with van der Waals surface area (Å²) in [5.74, 6) is 0.480. The Morgan fingerprint density at radius 3 is 2.70 bits per heavy atom. The minimum absolute atomic E-state index is 0.128. The predicted octanol–water partition coefficient (Wildman–Crippen LogP) is 1.33. The van der Waals surface area contributed by atoms with Crippen LogP contribution in [-0.4, -0.2) is 44.8 Å². The van der Waals surface area contributed by atoms with E-state index in [-0.39, 0.29) is 18.8 Å². The van der Waals surface area contributed by atoms with Crippen LogP contribution >= 0.6 is 0 Å². The van der Waals surface area contributed by atoms with E-state index in [1.807, 2.05) is 6.07 Å². The van der Waals surface area contributed by atoms with Gasteiger partial charge in [-0.15, -0.1) is 0 Å². The third-order valence-corrected chi connectivity index (χ3v) is 5.76. The highest BCUT2D eigenvalue weighted by atomic mass is 32.2. The molecule has 0 bridgehead atoms. The van der Waals surface area contributed by atoms with Crippen LogP contribution in [0.25, 0.3) is 0 Å². The third-order valence-electron chi connectivity index (χ3n) is 4.01. The number of sulfonamides is 1. The van der Waals surface area contributed by atoms with E-state index in [1.54, 1.807) is 36.7 Å². The van der Waals surface area contributed by atoms with Crippen molar-refractivity contribution in [2.24, 2.45) is 0 Å². The number of amides is 1. The summed E-state index contributed by atoms with van der Waals surface area (Å²) in [5, 5.41) is 2.72. The number of benzene rings is 1. The van der Waals surface area contributed by atoms with E-state index in [9.17, 15) is 13.2 Å². The second-order valence-electron chi connectivity index (χ2n) is 5.87. The molecule has 0 spiro atoms. The van der Waals surface area contributed by atoms with Gasteiger partial charge in [0.05, 0.1) is 11.4 Å². The second-order valence-corrected chi connectivity index (χ2v) is 8.06. The molecule has 1 aromatic heterocycles. The number of carbonyl (C=O) groups is 1. The Morgan fingerprint density at radius 1 is 1.22 bits per heavy atom. The van der Waals surface area contributed by atoms with Crippen molar-refractivity contribution in [2.45, 2.75) is 13.5 Å². The van der Waals surface area contributed by atoms with Crippen molar-refractivity contribution >= 4 is 21.6 Å². The molecule has 144 valence electrons. The molecule has 0 radical (unpaired) electrons. The quantitative estimate of drug-likeness (QED) is 0.765. The van der Waals surface area contributed by atoms with E-state index in [0.717, 1.165) is 9.87 Å². The molecule has 1 aliphatic heterocycles. The Hall–Kier alpha value is -2.81. The first kappa shape index (κ1) is 19.0. The van der Waals surface area contributed by atoms with Gasteiger partial charge in [0.15, 0.2) is 11.5 Å². The van der Waals surface area contributed by atoms with Crippen molar-refractivity contribution in [1.29, 1.82) is 0 Å². The number of ether oxygens (including phenoxy) is 2. The van der Waals surface area contributed by atoms with Crippen molar-refractivity contribution in [3.63, 3.8) is 0 Å². The highest BCUT2D eigenvalue weighted by Gasteiger charge is 2.25. The zero-order valence-corrected chi connectivity index (χ0v) is 15.7. The first-order chi connectivity index (χ1) is 13.0. The topological polar surface area (TPSA) is 97.8 Å². The van der Waals surface area contributed by atoms with Gasteiger partial charge >= 0.3 is 0 Å². The lowest BCUT2D eigenvalue weighted by Crippen LogP contribution is -2.41. The van der Waals surface area contributed by atoms with E-state index in [1.165, 1.54) is 6.92 Å². The Balaban J connectivity index is 1.77. The van der Waals surface area contributed by atoms with Crippen molar-refractivity contribution in [3.05, 3.63) is 48.3 Å². The van der Waals surface area contributed by atoms with Crippen LogP contribution in [0.4, 0.5) is 5.69 Å². The lowest BCUT2D eigenvalue weighted by molar-refractivity contribution is -0.119. The number of rotatable bonds is 7. The van der Waals surface area contributed by atoms with Crippen molar-refractivity contribution in [3.8, 4) is 11.5 Å². The van der Waals surface area contributed by atoms with E-state index >= 15 is 0 Å².